The third-order valence-corrected chi connectivity index (χ3v) is 4.74. The van der Waals surface area contributed by atoms with Crippen LogP contribution < -0.4 is 15.6 Å². The second-order valence-electron chi connectivity index (χ2n) is 7.33. The highest BCUT2D eigenvalue weighted by Gasteiger charge is 2.18. The lowest BCUT2D eigenvalue weighted by atomic mass is 10.1. The standard InChI is InChI=1S/C24H22N4O3/c1-16(2)28-24(30)21-12-4-3-11-20(21)22(27-28)23(29)26-17-9-7-10-19(14-17)31-15-18-8-5-6-13-25-18/h3-14,16H,15H2,1-2H3,(H,26,29). The quantitative estimate of drug-likeness (QED) is 0.511. The van der Waals surface area contributed by atoms with Gasteiger partial charge < -0.3 is 10.1 Å². The minimum absolute atomic E-state index is 0.174. The molecule has 4 rings (SSSR count). The van der Waals surface area contributed by atoms with Crippen molar-refractivity contribution in [3.63, 3.8) is 0 Å². The Bertz CT molecular complexity index is 1280. The summed E-state index contributed by atoms with van der Waals surface area (Å²) in [4.78, 5) is 30.0. The van der Waals surface area contributed by atoms with Crippen molar-refractivity contribution in [3.8, 4) is 5.75 Å². The highest BCUT2D eigenvalue weighted by molar-refractivity contribution is 6.11. The smallest absolute Gasteiger partial charge is 0.276 e. The van der Waals surface area contributed by atoms with Gasteiger partial charge in [0.15, 0.2) is 5.69 Å². The molecular formula is C24H22N4O3. The molecule has 2 heterocycles. The summed E-state index contributed by atoms with van der Waals surface area (Å²) in [5.74, 6) is 0.209. The summed E-state index contributed by atoms with van der Waals surface area (Å²) in [6.45, 7) is 4.03. The molecule has 0 saturated carbocycles. The minimum atomic E-state index is -0.396. The van der Waals surface area contributed by atoms with E-state index in [4.69, 9.17) is 4.74 Å². The summed E-state index contributed by atoms with van der Waals surface area (Å²) in [7, 11) is 0. The molecule has 4 aromatic rings. The number of benzene rings is 2. The Labute approximate surface area is 179 Å². The predicted molar refractivity (Wildman–Crippen MR) is 119 cm³/mol. The van der Waals surface area contributed by atoms with Crippen molar-refractivity contribution >= 4 is 22.4 Å². The van der Waals surface area contributed by atoms with Crippen LogP contribution in [0.25, 0.3) is 10.8 Å². The Kier molecular flexibility index (Phi) is 5.75. The fraction of sp³-hybridized carbons (Fsp3) is 0.167. The maximum atomic E-state index is 13.1. The zero-order chi connectivity index (χ0) is 21.8. The van der Waals surface area contributed by atoms with Gasteiger partial charge in [0.05, 0.1) is 17.1 Å². The molecule has 1 N–H and O–H groups in total. The van der Waals surface area contributed by atoms with E-state index in [0.717, 1.165) is 5.69 Å². The molecule has 0 bridgehead atoms. The summed E-state index contributed by atoms with van der Waals surface area (Å²) >= 11 is 0. The van der Waals surface area contributed by atoms with Crippen molar-refractivity contribution in [2.45, 2.75) is 26.5 Å². The number of anilines is 1. The number of carbonyl (C=O) groups is 1. The molecular weight excluding hydrogens is 392 g/mol. The van der Waals surface area contributed by atoms with Crippen molar-refractivity contribution in [2.75, 3.05) is 5.32 Å². The molecule has 7 heteroatoms. The fourth-order valence-corrected chi connectivity index (χ4v) is 3.22. The third-order valence-electron chi connectivity index (χ3n) is 4.74. The van der Waals surface area contributed by atoms with E-state index >= 15 is 0 Å². The second kappa shape index (κ2) is 8.79. The van der Waals surface area contributed by atoms with Crippen LogP contribution in [0, 0.1) is 0 Å². The second-order valence-corrected chi connectivity index (χ2v) is 7.33. The van der Waals surface area contributed by atoms with Gasteiger partial charge in [-0.25, -0.2) is 4.68 Å². The number of carbonyl (C=O) groups excluding carboxylic acids is 1. The van der Waals surface area contributed by atoms with Gasteiger partial charge in [0, 0.05) is 23.3 Å². The number of nitrogens with one attached hydrogen (secondary N) is 1. The third kappa shape index (κ3) is 4.45. The van der Waals surface area contributed by atoms with E-state index in [0.29, 0.717) is 28.8 Å². The van der Waals surface area contributed by atoms with Crippen LogP contribution >= 0.6 is 0 Å². The van der Waals surface area contributed by atoms with Crippen molar-refractivity contribution in [2.24, 2.45) is 0 Å². The van der Waals surface area contributed by atoms with Crippen LogP contribution in [0.4, 0.5) is 5.69 Å². The molecule has 7 nitrogen and oxygen atoms in total. The molecule has 0 aliphatic heterocycles. The van der Waals surface area contributed by atoms with Gasteiger partial charge in [0.2, 0.25) is 0 Å². The molecule has 0 unspecified atom stereocenters. The Hall–Kier alpha value is -4.00. The lowest BCUT2D eigenvalue weighted by molar-refractivity contribution is 0.102. The summed E-state index contributed by atoms with van der Waals surface area (Å²) in [6.07, 6.45) is 1.71. The first kappa shape index (κ1) is 20.3. The number of hydrogen-bond acceptors (Lipinski definition) is 5. The topological polar surface area (TPSA) is 86.1 Å². The number of rotatable bonds is 6. The lowest BCUT2D eigenvalue weighted by Gasteiger charge is -2.14. The summed E-state index contributed by atoms with van der Waals surface area (Å²) in [6, 6.07) is 19.6. The Balaban J connectivity index is 1.59. The molecule has 0 aliphatic rings. The number of pyridine rings is 1. The van der Waals surface area contributed by atoms with Crippen LogP contribution in [0.15, 0.2) is 77.7 Å². The molecule has 2 aromatic heterocycles. The molecule has 1 amide bonds. The number of amides is 1. The normalized spacial score (nSPS) is 10.9. The van der Waals surface area contributed by atoms with Gasteiger partial charge in [-0.05, 0) is 44.2 Å². The predicted octanol–water partition coefficient (Wildman–Crippen LogP) is 4.20. The van der Waals surface area contributed by atoms with Gasteiger partial charge in [-0.2, -0.15) is 5.10 Å². The molecule has 0 fully saturated rings. The van der Waals surface area contributed by atoms with Gasteiger partial charge in [-0.1, -0.05) is 30.3 Å². The van der Waals surface area contributed by atoms with Gasteiger partial charge in [-0.3, -0.25) is 14.6 Å². The van der Waals surface area contributed by atoms with Crippen LogP contribution in [0.2, 0.25) is 0 Å². The molecule has 0 saturated heterocycles. The monoisotopic (exact) mass is 414 g/mol. The average molecular weight is 414 g/mol. The first-order valence-corrected chi connectivity index (χ1v) is 9.98. The van der Waals surface area contributed by atoms with Crippen LogP contribution in [0.3, 0.4) is 0 Å². The largest absolute Gasteiger partial charge is 0.487 e. The number of nitrogens with zero attached hydrogens (tertiary/aromatic N) is 3. The molecule has 31 heavy (non-hydrogen) atoms. The number of hydrogen-bond donors (Lipinski definition) is 1. The fourth-order valence-electron chi connectivity index (χ4n) is 3.22. The van der Waals surface area contributed by atoms with Crippen molar-refractivity contribution in [3.05, 3.63) is 94.7 Å². The van der Waals surface area contributed by atoms with Crippen molar-refractivity contribution < 1.29 is 9.53 Å². The van der Waals surface area contributed by atoms with E-state index in [9.17, 15) is 9.59 Å². The highest BCUT2D eigenvalue weighted by atomic mass is 16.5. The average Bonchev–Trinajstić information content (AvgIpc) is 2.79. The Morgan fingerprint density at radius 3 is 2.55 bits per heavy atom. The van der Waals surface area contributed by atoms with E-state index in [2.05, 4.69) is 15.4 Å². The molecule has 0 radical (unpaired) electrons. The summed E-state index contributed by atoms with van der Waals surface area (Å²) < 4.78 is 7.12. The minimum Gasteiger partial charge on any atom is -0.487 e. The maximum Gasteiger partial charge on any atom is 0.276 e. The molecule has 2 aromatic carbocycles. The van der Waals surface area contributed by atoms with E-state index in [-0.39, 0.29) is 17.3 Å². The first-order valence-electron chi connectivity index (χ1n) is 9.98. The van der Waals surface area contributed by atoms with E-state index in [1.165, 1.54) is 4.68 Å². The zero-order valence-electron chi connectivity index (χ0n) is 17.3. The lowest BCUT2D eigenvalue weighted by Crippen LogP contribution is -2.28. The molecule has 0 aliphatic carbocycles. The van der Waals surface area contributed by atoms with Crippen LogP contribution in [0.5, 0.6) is 5.75 Å². The van der Waals surface area contributed by atoms with Crippen molar-refractivity contribution in [1.29, 1.82) is 0 Å². The molecule has 0 atom stereocenters. The summed E-state index contributed by atoms with van der Waals surface area (Å²) in [5, 5.41) is 8.19. The maximum absolute atomic E-state index is 13.1. The number of ether oxygens (including phenoxy) is 1. The summed E-state index contributed by atoms with van der Waals surface area (Å²) in [5.41, 5.74) is 1.36. The number of aromatic nitrogens is 3. The van der Waals surface area contributed by atoms with Crippen molar-refractivity contribution in [1.82, 2.24) is 14.8 Å². The SMILES string of the molecule is CC(C)n1nc(C(=O)Nc2cccc(OCc3ccccn3)c2)c2ccccc2c1=O. The molecule has 156 valence electrons. The highest BCUT2D eigenvalue weighted by Crippen LogP contribution is 2.21. The molecule has 0 spiro atoms. The first-order chi connectivity index (χ1) is 15.0. The van der Waals surface area contributed by atoms with Crippen LogP contribution in [-0.4, -0.2) is 20.7 Å². The Morgan fingerprint density at radius 1 is 1.03 bits per heavy atom. The van der Waals surface area contributed by atoms with Crippen LogP contribution in [0.1, 0.15) is 36.1 Å². The van der Waals surface area contributed by atoms with Gasteiger partial charge in [0.1, 0.15) is 12.4 Å². The van der Waals surface area contributed by atoms with Gasteiger partial charge in [-0.15, -0.1) is 0 Å². The zero-order valence-corrected chi connectivity index (χ0v) is 17.3. The number of fused-ring (bicyclic) bond motifs is 1. The van der Waals surface area contributed by atoms with Crippen LogP contribution in [-0.2, 0) is 6.61 Å². The van der Waals surface area contributed by atoms with Gasteiger partial charge >= 0.3 is 0 Å². The van der Waals surface area contributed by atoms with E-state index in [1.54, 1.807) is 48.7 Å². The Morgan fingerprint density at radius 2 is 1.81 bits per heavy atom. The van der Waals surface area contributed by atoms with E-state index in [1.807, 2.05) is 38.1 Å². The van der Waals surface area contributed by atoms with Gasteiger partial charge in [0.25, 0.3) is 11.5 Å². The van der Waals surface area contributed by atoms with E-state index < -0.39 is 5.91 Å².